The van der Waals surface area contributed by atoms with E-state index < -0.39 is 17.6 Å². The minimum absolute atomic E-state index is 0.0454. The van der Waals surface area contributed by atoms with Gasteiger partial charge in [-0.1, -0.05) is 13.8 Å². The Balaban J connectivity index is 0.000000301. The number of nitrogens with zero attached hydrogens (tertiary/aromatic N) is 5. The average molecular weight is 539 g/mol. The number of nitrogens with one attached hydrogen (secondary N) is 1. The summed E-state index contributed by atoms with van der Waals surface area (Å²) >= 11 is 0. The lowest BCUT2D eigenvalue weighted by Crippen LogP contribution is -2.40. The van der Waals surface area contributed by atoms with Crippen LogP contribution in [0.5, 0.6) is 0 Å². The van der Waals surface area contributed by atoms with Crippen molar-refractivity contribution in [1.29, 1.82) is 0 Å². The van der Waals surface area contributed by atoms with E-state index in [9.17, 15) is 18.4 Å². The lowest BCUT2D eigenvalue weighted by molar-refractivity contribution is 0.0689. The Morgan fingerprint density at radius 1 is 1.00 bits per heavy atom. The van der Waals surface area contributed by atoms with Gasteiger partial charge in [0.1, 0.15) is 11.6 Å². The molecule has 39 heavy (non-hydrogen) atoms. The highest BCUT2D eigenvalue weighted by Gasteiger charge is 2.25. The van der Waals surface area contributed by atoms with Gasteiger partial charge in [0.2, 0.25) is 0 Å². The van der Waals surface area contributed by atoms with Gasteiger partial charge in [0.05, 0.1) is 17.3 Å². The first-order valence-corrected chi connectivity index (χ1v) is 13.1. The quantitative estimate of drug-likeness (QED) is 0.395. The molecule has 1 fully saturated rings. The number of carboxylic acids is 1. The second kappa shape index (κ2) is 12.5. The van der Waals surface area contributed by atoms with Crippen LogP contribution in [0, 0.1) is 11.6 Å². The smallest absolute Gasteiger partial charge is 0.356 e. The molecule has 2 N–H and O–H groups in total. The molecule has 4 aromatic rings. The van der Waals surface area contributed by atoms with E-state index in [4.69, 9.17) is 5.11 Å². The van der Waals surface area contributed by atoms with E-state index in [2.05, 4.69) is 20.4 Å². The summed E-state index contributed by atoms with van der Waals surface area (Å²) in [4.78, 5) is 26.4. The van der Waals surface area contributed by atoms with Gasteiger partial charge in [-0.25, -0.2) is 18.1 Å². The largest absolute Gasteiger partial charge is 0.476 e. The number of pyridine rings is 1. The molecule has 11 heteroatoms. The van der Waals surface area contributed by atoms with Crippen molar-refractivity contribution in [2.45, 2.75) is 52.1 Å². The zero-order valence-corrected chi connectivity index (χ0v) is 22.0. The number of aromatic carboxylic acids is 1. The third kappa shape index (κ3) is 6.60. The Kier molecular flexibility index (Phi) is 8.90. The maximum absolute atomic E-state index is 13.0. The van der Waals surface area contributed by atoms with Gasteiger partial charge in [-0.2, -0.15) is 10.2 Å². The number of aryl methyl sites for hydroxylation is 1. The maximum atomic E-state index is 13.0. The topological polar surface area (TPSA) is 105 Å². The summed E-state index contributed by atoms with van der Waals surface area (Å²) in [6.45, 7) is 6.67. The van der Waals surface area contributed by atoms with Crippen LogP contribution in [-0.2, 0) is 13.0 Å². The van der Waals surface area contributed by atoms with Crippen LogP contribution in [0.15, 0.2) is 54.9 Å². The SMILES string of the molecule is CC.Fc1ccc(F)cc1.O=C(O)c1cc2n(n1)CCC(NC(=O)c1cnn3ccc(N4CCCC4)cc13)C2. The van der Waals surface area contributed by atoms with Gasteiger partial charge in [0.25, 0.3) is 5.91 Å². The molecule has 1 amide bonds. The van der Waals surface area contributed by atoms with Crippen molar-refractivity contribution in [3.63, 3.8) is 0 Å². The number of benzene rings is 1. The van der Waals surface area contributed by atoms with Crippen molar-refractivity contribution in [3.05, 3.63) is 83.4 Å². The minimum atomic E-state index is -1.03. The first-order valence-electron chi connectivity index (χ1n) is 13.1. The van der Waals surface area contributed by atoms with Gasteiger partial charge in [-0.3, -0.25) is 9.48 Å². The van der Waals surface area contributed by atoms with Crippen LogP contribution in [0.2, 0.25) is 0 Å². The first kappa shape index (κ1) is 27.7. The molecule has 0 spiro atoms. The molecule has 1 atom stereocenters. The van der Waals surface area contributed by atoms with Crippen molar-refractivity contribution in [2.75, 3.05) is 18.0 Å². The summed E-state index contributed by atoms with van der Waals surface area (Å²) in [7, 11) is 0. The van der Waals surface area contributed by atoms with Crippen LogP contribution in [0.25, 0.3) is 5.52 Å². The Morgan fingerprint density at radius 3 is 2.31 bits per heavy atom. The Hall–Kier alpha value is -4.28. The molecule has 5 heterocycles. The highest BCUT2D eigenvalue weighted by molar-refractivity contribution is 6.01. The van der Waals surface area contributed by atoms with Crippen molar-refractivity contribution in [2.24, 2.45) is 0 Å². The van der Waals surface area contributed by atoms with E-state index in [1.165, 1.54) is 12.8 Å². The second-order valence-corrected chi connectivity index (χ2v) is 9.12. The van der Waals surface area contributed by atoms with Gasteiger partial charge < -0.3 is 15.3 Å². The predicted octanol–water partition coefficient (Wildman–Crippen LogP) is 4.57. The van der Waals surface area contributed by atoms with Gasteiger partial charge in [-0.05, 0) is 61.7 Å². The molecule has 0 bridgehead atoms. The van der Waals surface area contributed by atoms with E-state index in [1.54, 1.807) is 21.5 Å². The molecule has 1 saturated heterocycles. The van der Waals surface area contributed by atoms with Crippen LogP contribution >= 0.6 is 0 Å². The Morgan fingerprint density at radius 2 is 1.67 bits per heavy atom. The van der Waals surface area contributed by atoms with Gasteiger partial charge in [0.15, 0.2) is 5.69 Å². The van der Waals surface area contributed by atoms with Crippen molar-refractivity contribution < 1.29 is 23.5 Å². The average Bonchev–Trinajstić information content (AvgIpc) is 3.71. The summed E-state index contributed by atoms with van der Waals surface area (Å²) < 4.78 is 27.3. The summed E-state index contributed by atoms with van der Waals surface area (Å²) in [6.07, 6.45) is 7.15. The molecule has 3 aromatic heterocycles. The van der Waals surface area contributed by atoms with Crippen molar-refractivity contribution in [1.82, 2.24) is 24.7 Å². The van der Waals surface area contributed by atoms with Crippen LogP contribution < -0.4 is 10.2 Å². The number of carboxylic acid groups (broad SMARTS) is 1. The molecule has 1 aromatic carbocycles. The third-order valence-electron chi connectivity index (χ3n) is 6.59. The number of rotatable bonds is 4. The number of carbonyl (C=O) groups is 2. The van der Waals surface area contributed by atoms with Crippen LogP contribution in [0.3, 0.4) is 0 Å². The monoisotopic (exact) mass is 538 g/mol. The number of anilines is 1. The Labute approximate surface area is 225 Å². The molecule has 0 radical (unpaired) electrons. The molecule has 0 aliphatic carbocycles. The zero-order chi connectivity index (χ0) is 27.9. The standard InChI is InChI=1S/C20H22N6O3.C6H4F2.C2H6/c27-19(22-13-3-7-25-15(9-13)10-17(23-25)20(28)29)16-12-21-26-8-4-14(11-18(16)26)24-5-1-2-6-24;7-5-1-2-6(8)4-3-5;1-2/h4,8,10-13H,1-3,5-7,9H2,(H,22,27)(H,28,29);1-4H;1-2H3. The Bertz CT molecular complexity index is 1410. The summed E-state index contributed by atoms with van der Waals surface area (Å²) in [5.74, 6) is -2.01. The third-order valence-corrected chi connectivity index (χ3v) is 6.59. The van der Waals surface area contributed by atoms with Crippen molar-refractivity contribution in [3.8, 4) is 0 Å². The van der Waals surface area contributed by atoms with E-state index in [-0.39, 0.29) is 17.6 Å². The van der Waals surface area contributed by atoms with Gasteiger partial charge in [0, 0.05) is 49.7 Å². The molecular weight excluding hydrogens is 506 g/mol. The number of halogens is 2. The predicted molar refractivity (Wildman–Crippen MR) is 143 cm³/mol. The molecule has 206 valence electrons. The maximum Gasteiger partial charge on any atom is 0.356 e. The molecule has 2 aliphatic heterocycles. The number of fused-ring (bicyclic) bond motifs is 2. The number of carbonyl (C=O) groups excluding carboxylic acids is 1. The van der Waals surface area contributed by atoms with E-state index in [0.717, 1.165) is 54.3 Å². The van der Waals surface area contributed by atoms with E-state index in [1.807, 2.05) is 32.2 Å². The van der Waals surface area contributed by atoms with Crippen molar-refractivity contribution >= 4 is 23.1 Å². The molecule has 2 aliphatic rings. The summed E-state index contributed by atoms with van der Waals surface area (Å²) in [5, 5.41) is 20.6. The highest BCUT2D eigenvalue weighted by Crippen LogP contribution is 2.24. The number of aromatic nitrogens is 4. The fraction of sp³-hybridized carbons (Fsp3) is 0.357. The fourth-order valence-electron chi connectivity index (χ4n) is 4.68. The van der Waals surface area contributed by atoms with Gasteiger partial charge in [-0.15, -0.1) is 0 Å². The lowest BCUT2D eigenvalue weighted by atomic mass is 10.0. The molecule has 6 rings (SSSR count). The lowest BCUT2D eigenvalue weighted by Gasteiger charge is -2.24. The summed E-state index contributed by atoms with van der Waals surface area (Å²) in [6, 6.07) is 9.90. The molecule has 1 unspecified atom stereocenters. The van der Waals surface area contributed by atoms with E-state index in [0.29, 0.717) is 24.9 Å². The fourth-order valence-corrected chi connectivity index (χ4v) is 4.68. The summed E-state index contributed by atoms with van der Waals surface area (Å²) in [5.41, 5.74) is 3.34. The first-order chi connectivity index (χ1) is 18.9. The van der Waals surface area contributed by atoms with E-state index >= 15 is 0 Å². The van der Waals surface area contributed by atoms with Crippen LogP contribution in [0.4, 0.5) is 14.5 Å². The molecule has 0 saturated carbocycles. The van der Waals surface area contributed by atoms with Crippen LogP contribution in [-0.4, -0.2) is 55.5 Å². The number of hydrogen-bond acceptors (Lipinski definition) is 5. The highest BCUT2D eigenvalue weighted by atomic mass is 19.1. The van der Waals surface area contributed by atoms with Crippen LogP contribution in [0.1, 0.15) is 59.7 Å². The second-order valence-electron chi connectivity index (χ2n) is 9.12. The number of hydrogen-bond donors (Lipinski definition) is 2. The molecular formula is C28H32F2N6O3. The normalized spacial score (nSPS) is 16.0. The number of amides is 1. The zero-order valence-electron chi connectivity index (χ0n) is 22.0. The van der Waals surface area contributed by atoms with Gasteiger partial charge >= 0.3 is 5.97 Å². The molecule has 9 nitrogen and oxygen atoms in total. The minimum Gasteiger partial charge on any atom is -0.476 e.